The van der Waals surface area contributed by atoms with Gasteiger partial charge in [-0.2, -0.15) is 9.78 Å². The van der Waals surface area contributed by atoms with Crippen molar-refractivity contribution in [2.45, 2.75) is 6.92 Å². The van der Waals surface area contributed by atoms with Gasteiger partial charge in [-0.1, -0.05) is 18.2 Å². The molecule has 1 aromatic carbocycles. The molecule has 3 rings (SSSR count). The molecule has 0 amide bonds. The third-order valence-electron chi connectivity index (χ3n) is 3.04. The van der Waals surface area contributed by atoms with Crippen molar-refractivity contribution in [3.63, 3.8) is 0 Å². The molecule has 0 atom stereocenters. The van der Waals surface area contributed by atoms with E-state index in [0.29, 0.717) is 5.82 Å². The first-order valence-electron chi connectivity index (χ1n) is 6.51. The molecule has 2 heterocycles. The van der Waals surface area contributed by atoms with E-state index in [1.807, 2.05) is 30.3 Å². The number of carbonyl (C=O) groups excluding carboxylic acids is 1. The van der Waals surface area contributed by atoms with Crippen molar-refractivity contribution in [3.8, 4) is 11.7 Å². The number of fused-ring (bicyclic) bond motifs is 1. The largest absolute Gasteiger partial charge is 0.493 e. The van der Waals surface area contributed by atoms with E-state index in [9.17, 15) is 9.90 Å². The maximum atomic E-state index is 11.7. The van der Waals surface area contributed by atoms with Crippen LogP contribution in [0.15, 0.2) is 42.6 Å². The third kappa shape index (κ3) is 2.31. The minimum absolute atomic E-state index is 0.0202. The standard InChI is InChI=1S/C15H13N3O3/c1-2-21-15(20)11-9-16-18(14(11)19)13-8-7-10-5-3-4-6-12(10)17-13/h3-9,19H,2H2,1H3. The average Bonchev–Trinajstić information content (AvgIpc) is 2.89. The van der Waals surface area contributed by atoms with Crippen LogP contribution in [0.5, 0.6) is 5.88 Å². The van der Waals surface area contributed by atoms with E-state index in [0.717, 1.165) is 10.9 Å². The summed E-state index contributed by atoms with van der Waals surface area (Å²) in [5.41, 5.74) is 0.800. The molecule has 106 valence electrons. The zero-order valence-corrected chi connectivity index (χ0v) is 11.4. The van der Waals surface area contributed by atoms with Crippen LogP contribution < -0.4 is 0 Å². The maximum absolute atomic E-state index is 11.7. The topological polar surface area (TPSA) is 77.2 Å². The third-order valence-corrected chi connectivity index (χ3v) is 3.04. The van der Waals surface area contributed by atoms with E-state index in [2.05, 4.69) is 10.1 Å². The molecule has 0 spiro atoms. The first kappa shape index (κ1) is 13.1. The molecule has 21 heavy (non-hydrogen) atoms. The number of pyridine rings is 1. The monoisotopic (exact) mass is 283 g/mol. The van der Waals surface area contributed by atoms with E-state index in [4.69, 9.17) is 4.74 Å². The van der Waals surface area contributed by atoms with E-state index in [1.165, 1.54) is 10.9 Å². The number of carbonyl (C=O) groups is 1. The normalized spacial score (nSPS) is 10.7. The molecular weight excluding hydrogens is 270 g/mol. The molecule has 6 nitrogen and oxygen atoms in total. The Labute approximate surface area is 120 Å². The molecule has 0 radical (unpaired) electrons. The highest BCUT2D eigenvalue weighted by Gasteiger charge is 2.19. The molecule has 2 aromatic heterocycles. The fourth-order valence-electron chi connectivity index (χ4n) is 2.04. The molecule has 0 fully saturated rings. The van der Waals surface area contributed by atoms with Gasteiger partial charge in [-0.3, -0.25) is 0 Å². The van der Waals surface area contributed by atoms with Crippen LogP contribution in [0.4, 0.5) is 0 Å². The summed E-state index contributed by atoms with van der Waals surface area (Å²) in [4.78, 5) is 16.1. The lowest BCUT2D eigenvalue weighted by atomic mass is 10.2. The molecule has 6 heteroatoms. The fourth-order valence-corrected chi connectivity index (χ4v) is 2.04. The number of benzene rings is 1. The Bertz CT molecular complexity index is 811. The second-order valence-corrected chi connectivity index (χ2v) is 4.38. The number of nitrogens with zero attached hydrogens (tertiary/aromatic N) is 3. The van der Waals surface area contributed by atoms with Crippen LogP contribution in [0.25, 0.3) is 16.7 Å². The van der Waals surface area contributed by atoms with Gasteiger partial charge >= 0.3 is 5.97 Å². The molecule has 0 aliphatic heterocycles. The van der Waals surface area contributed by atoms with Crippen molar-refractivity contribution in [2.24, 2.45) is 0 Å². The maximum Gasteiger partial charge on any atom is 0.345 e. The summed E-state index contributed by atoms with van der Waals surface area (Å²) in [5.74, 6) is -0.458. The van der Waals surface area contributed by atoms with E-state index < -0.39 is 5.97 Å². The second-order valence-electron chi connectivity index (χ2n) is 4.38. The lowest BCUT2D eigenvalue weighted by Gasteiger charge is -2.04. The Morgan fingerprint density at radius 1 is 1.29 bits per heavy atom. The molecule has 0 unspecified atom stereocenters. The Balaban J connectivity index is 2.04. The lowest BCUT2D eigenvalue weighted by molar-refractivity contribution is 0.0523. The van der Waals surface area contributed by atoms with Gasteiger partial charge in [0.2, 0.25) is 5.88 Å². The number of para-hydroxylation sites is 1. The summed E-state index contributed by atoms with van der Waals surface area (Å²) in [6, 6.07) is 11.2. The van der Waals surface area contributed by atoms with E-state index >= 15 is 0 Å². The van der Waals surface area contributed by atoms with Gasteiger partial charge in [0.1, 0.15) is 5.56 Å². The minimum Gasteiger partial charge on any atom is -0.493 e. The first-order valence-corrected chi connectivity index (χ1v) is 6.51. The van der Waals surface area contributed by atoms with Crippen LogP contribution in [-0.4, -0.2) is 32.4 Å². The quantitative estimate of drug-likeness (QED) is 0.746. The van der Waals surface area contributed by atoms with Crippen LogP contribution in [0.2, 0.25) is 0 Å². The van der Waals surface area contributed by atoms with Crippen LogP contribution in [0.3, 0.4) is 0 Å². The average molecular weight is 283 g/mol. The Morgan fingerprint density at radius 2 is 2.10 bits per heavy atom. The van der Waals surface area contributed by atoms with Crippen molar-refractivity contribution in [1.82, 2.24) is 14.8 Å². The van der Waals surface area contributed by atoms with Crippen LogP contribution in [0, 0.1) is 0 Å². The minimum atomic E-state index is -0.609. The van der Waals surface area contributed by atoms with Crippen molar-refractivity contribution in [3.05, 3.63) is 48.2 Å². The van der Waals surface area contributed by atoms with Crippen molar-refractivity contribution in [1.29, 1.82) is 0 Å². The molecule has 0 saturated carbocycles. The van der Waals surface area contributed by atoms with Crippen molar-refractivity contribution < 1.29 is 14.6 Å². The molecule has 0 aliphatic carbocycles. The van der Waals surface area contributed by atoms with Gasteiger partial charge in [0.15, 0.2) is 5.82 Å². The zero-order chi connectivity index (χ0) is 14.8. The first-order chi connectivity index (χ1) is 10.2. The van der Waals surface area contributed by atoms with E-state index in [1.54, 1.807) is 13.0 Å². The number of hydrogen-bond acceptors (Lipinski definition) is 5. The molecule has 0 saturated heterocycles. The highest BCUT2D eigenvalue weighted by molar-refractivity contribution is 5.91. The second kappa shape index (κ2) is 5.24. The van der Waals surface area contributed by atoms with Gasteiger partial charge in [-0.25, -0.2) is 9.78 Å². The summed E-state index contributed by atoms with van der Waals surface area (Å²) in [6.07, 6.45) is 1.27. The van der Waals surface area contributed by atoms with Crippen LogP contribution in [-0.2, 0) is 4.74 Å². The predicted octanol–water partition coefficient (Wildman–Crippen LogP) is 2.30. The van der Waals surface area contributed by atoms with Gasteiger partial charge in [0.25, 0.3) is 0 Å². The molecule has 3 aromatic rings. The number of hydrogen-bond donors (Lipinski definition) is 1. The van der Waals surface area contributed by atoms with Crippen LogP contribution in [0.1, 0.15) is 17.3 Å². The van der Waals surface area contributed by atoms with Gasteiger partial charge in [0.05, 0.1) is 18.3 Å². The van der Waals surface area contributed by atoms with Gasteiger partial charge in [-0.15, -0.1) is 0 Å². The Morgan fingerprint density at radius 3 is 2.90 bits per heavy atom. The number of aromatic hydroxyl groups is 1. The fraction of sp³-hybridized carbons (Fsp3) is 0.133. The Kier molecular flexibility index (Phi) is 3.27. The van der Waals surface area contributed by atoms with E-state index in [-0.39, 0.29) is 18.1 Å². The molecular formula is C15H13N3O3. The molecule has 0 aliphatic rings. The SMILES string of the molecule is CCOC(=O)c1cnn(-c2ccc3ccccc3n2)c1O. The van der Waals surface area contributed by atoms with Gasteiger partial charge in [0, 0.05) is 5.39 Å². The smallest absolute Gasteiger partial charge is 0.345 e. The summed E-state index contributed by atoms with van der Waals surface area (Å²) < 4.78 is 6.06. The lowest BCUT2D eigenvalue weighted by Crippen LogP contribution is -2.04. The van der Waals surface area contributed by atoms with Gasteiger partial charge < -0.3 is 9.84 Å². The molecule has 1 N–H and O–H groups in total. The summed E-state index contributed by atoms with van der Waals surface area (Å²) in [7, 11) is 0. The van der Waals surface area contributed by atoms with Gasteiger partial charge in [-0.05, 0) is 25.1 Å². The molecule has 0 bridgehead atoms. The summed E-state index contributed by atoms with van der Waals surface area (Å²) in [6.45, 7) is 1.93. The number of aromatic nitrogens is 3. The number of ether oxygens (including phenoxy) is 1. The van der Waals surface area contributed by atoms with Crippen molar-refractivity contribution in [2.75, 3.05) is 6.61 Å². The highest BCUT2D eigenvalue weighted by Crippen LogP contribution is 2.22. The summed E-state index contributed by atoms with van der Waals surface area (Å²) in [5, 5.41) is 15.1. The van der Waals surface area contributed by atoms with Crippen molar-refractivity contribution >= 4 is 16.9 Å². The number of rotatable bonds is 3. The predicted molar refractivity (Wildman–Crippen MR) is 76.5 cm³/mol. The highest BCUT2D eigenvalue weighted by atomic mass is 16.5. The van der Waals surface area contributed by atoms with Crippen LogP contribution >= 0.6 is 0 Å². The zero-order valence-electron chi connectivity index (χ0n) is 11.4. The summed E-state index contributed by atoms with van der Waals surface area (Å²) >= 11 is 0. The number of esters is 1. The Hall–Kier alpha value is -2.89.